The quantitative estimate of drug-likeness (QED) is 0.765. The summed E-state index contributed by atoms with van der Waals surface area (Å²) in [5.41, 5.74) is 0.338. The summed E-state index contributed by atoms with van der Waals surface area (Å²) in [5, 5.41) is 3.00. The van der Waals surface area contributed by atoms with Crippen molar-refractivity contribution in [2.45, 2.75) is 19.5 Å². The Morgan fingerprint density at radius 3 is 2.78 bits per heavy atom. The van der Waals surface area contributed by atoms with Gasteiger partial charge in [0.1, 0.15) is 21.9 Å². The predicted octanol–water partition coefficient (Wildman–Crippen LogP) is 0.589. The molecule has 18 heavy (non-hydrogen) atoms. The molecule has 1 heterocycles. The third-order valence-electron chi connectivity index (χ3n) is 2.25. The first-order valence-electron chi connectivity index (χ1n) is 5.38. The van der Waals surface area contributed by atoms with Gasteiger partial charge < -0.3 is 14.5 Å². The highest BCUT2D eigenvalue weighted by Crippen LogP contribution is 2.09. The monoisotopic (exact) mass is 275 g/mol. The molecule has 0 bridgehead atoms. The van der Waals surface area contributed by atoms with Crippen LogP contribution in [0.25, 0.3) is 0 Å². The first kappa shape index (κ1) is 14.7. The number of ether oxygens (including phenoxy) is 1. The van der Waals surface area contributed by atoms with Crippen LogP contribution in [0.15, 0.2) is 16.7 Å². The van der Waals surface area contributed by atoms with Crippen LogP contribution in [0.3, 0.4) is 0 Å². The summed E-state index contributed by atoms with van der Waals surface area (Å²) in [4.78, 5) is 11.2. The van der Waals surface area contributed by atoms with Crippen LogP contribution in [0, 0.1) is 0 Å². The van der Waals surface area contributed by atoms with Gasteiger partial charge in [-0.05, 0) is 13.0 Å². The molecule has 1 unspecified atom stereocenters. The minimum atomic E-state index is -3.01. The number of hydrogen-bond donors (Lipinski definition) is 1. The Hall–Kier alpha value is -1.34. The van der Waals surface area contributed by atoms with Crippen molar-refractivity contribution in [2.24, 2.45) is 0 Å². The average Bonchev–Trinajstić information content (AvgIpc) is 2.71. The molecule has 7 heteroatoms. The van der Waals surface area contributed by atoms with Gasteiger partial charge in [-0.15, -0.1) is 0 Å². The Balaban J connectivity index is 2.49. The number of carbonyl (C=O) groups excluding carboxylic acids is 1. The third-order valence-corrected chi connectivity index (χ3v) is 3.36. The van der Waals surface area contributed by atoms with Gasteiger partial charge in [0, 0.05) is 12.3 Å². The minimum Gasteiger partial charge on any atom is -0.467 e. The van der Waals surface area contributed by atoms with Gasteiger partial charge in [-0.25, -0.2) is 13.2 Å². The van der Waals surface area contributed by atoms with Crippen molar-refractivity contribution < 1.29 is 22.4 Å². The average molecular weight is 275 g/mol. The Morgan fingerprint density at radius 1 is 1.56 bits per heavy atom. The van der Waals surface area contributed by atoms with Crippen LogP contribution in [0.4, 0.5) is 0 Å². The van der Waals surface area contributed by atoms with Crippen LogP contribution in [-0.2, 0) is 21.1 Å². The number of nitrogens with one attached hydrogen (secondary N) is 1. The molecule has 0 amide bonds. The Morgan fingerprint density at radius 2 is 2.22 bits per heavy atom. The zero-order valence-corrected chi connectivity index (χ0v) is 11.4. The molecule has 0 fully saturated rings. The lowest BCUT2D eigenvalue weighted by molar-refractivity contribution is 0.0600. The number of methoxy groups -OCH3 is 1. The van der Waals surface area contributed by atoms with Gasteiger partial charge in [-0.3, -0.25) is 0 Å². The maximum absolute atomic E-state index is 11.2. The zero-order chi connectivity index (χ0) is 13.8. The van der Waals surface area contributed by atoms with E-state index >= 15 is 0 Å². The van der Waals surface area contributed by atoms with E-state index < -0.39 is 15.8 Å². The fraction of sp³-hybridized carbons (Fsp3) is 0.545. The molecule has 0 aliphatic heterocycles. The van der Waals surface area contributed by atoms with Gasteiger partial charge in [0.2, 0.25) is 0 Å². The summed E-state index contributed by atoms with van der Waals surface area (Å²) in [5.74, 6) is 0.141. The highest BCUT2D eigenvalue weighted by molar-refractivity contribution is 7.90. The van der Waals surface area contributed by atoms with Crippen molar-refractivity contribution in [2.75, 3.05) is 19.1 Å². The second-order valence-electron chi connectivity index (χ2n) is 4.17. The smallest absolute Gasteiger partial charge is 0.341 e. The number of rotatable bonds is 6. The maximum Gasteiger partial charge on any atom is 0.341 e. The number of furan rings is 1. The lowest BCUT2D eigenvalue weighted by Crippen LogP contribution is -2.32. The molecule has 102 valence electrons. The fourth-order valence-electron chi connectivity index (χ4n) is 1.49. The minimum absolute atomic E-state index is 0.0531. The lowest BCUT2D eigenvalue weighted by atomic mass is 10.3. The van der Waals surface area contributed by atoms with Crippen LogP contribution in [0.5, 0.6) is 0 Å². The summed E-state index contributed by atoms with van der Waals surface area (Å²) >= 11 is 0. The highest BCUT2D eigenvalue weighted by Gasteiger charge is 2.13. The molecule has 1 aromatic heterocycles. The summed E-state index contributed by atoms with van der Waals surface area (Å²) in [6, 6.07) is 1.37. The van der Waals surface area contributed by atoms with Crippen LogP contribution in [0.1, 0.15) is 23.0 Å². The molecule has 1 rings (SSSR count). The van der Waals surface area contributed by atoms with Gasteiger partial charge in [0.05, 0.1) is 25.0 Å². The topological polar surface area (TPSA) is 85.6 Å². The van der Waals surface area contributed by atoms with E-state index in [2.05, 4.69) is 10.1 Å². The molecular weight excluding hydrogens is 258 g/mol. The number of esters is 1. The molecule has 6 nitrogen and oxygen atoms in total. The second-order valence-corrected chi connectivity index (χ2v) is 6.35. The van der Waals surface area contributed by atoms with Crippen molar-refractivity contribution in [1.29, 1.82) is 0 Å². The summed E-state index contributed by atoms with van der Waals surface area (Å²) in [6.45, 7) is 2.12. The van der Waals surface area contributed by atoms with Crippen molar-refractivity contribution in [3.63, 3.8) is 0 Å². The van der Waals surface area contributed by atoms with Crippen LogP contribution < -0.4 is 5.32 Å². The molecule has 0 aliphatic rings. The predicted molar refractivity (Wildman–Crippen MR) is 66.1 cm³/mol. The van der Waals surface area contributed by atoms with Crippen LogP contribution in [-0.4, -0.2) is 39.5 Å². The highest BCUT2D eigenvalue weighted by atomic mass is 32.2. The Labute approximate surface area is 106 Å². The van der Waals surface area contributed by atoms with E-state index in [1.54, 1.807) is 13.0 Å². The molecule has 0 radical (unpaired) electrons. The first-order valence-corrected chi connectivity index (χ1v) is 7.44. The van der Waals surface area contributed by atoms with Crippen LogP contribution >= 0.6 is 0 Å². The standard InChI is InChI=1S/C11H17NO5S/c1-8(7-18(3,14)15)12-5-10-4-9(6-17-10)11(13)16-2/h4,6,8,12H,5,7H2,1-3H3. The molecular formula is C11H17NO5S. The number of carbonyl (C=O) groups is 1. The van der Waals surface area contributed by atoms with Gasteiger partial charge >= 0.3 is 5.97 Å². The number of hydrogen-bond acceptors (Lipinski definition) is 6. The van der Waals surface area contributed by atoms with Crippen molar-refractivity contribution in [3.8, 4) is 0 Å². The largest absolute Gasteiger partial charge is 0.467 e. The van der Waals surface area contributed by atoms with Crippen molar-refractivity contribution in [3.05, 3.63) is 23.7 Å². The van der Waals surface area contributed by atoms with Gasteiger partial charge in [-0.1, -0.05) is 0 Å². The second kappa shape index (κ2) is 6.01. The van der Waals surface area contributed by atoms with E-state index in [-0.39, 0.29) is 11.8 Å². The third kappa shape index (κ3) is 4.89. The molecule has 0 aliphatic carbocycles. The molecule has 0 saturated heterocycles. The molecule has 1 N–H and O–H groups in total. The summed E-state index contributed by atoms with van der Waals surface area (Å²) in [6.07, 6.45) is 2.50. The van der Waals surface area contributed by atoms with Gasteiger partial charge in [0.25, 0.3) is 0 Å². The van der Waals surface area contributed by atoms with Crippen molar-refractivity contribution >= 4 is 15.8 Å². The Bertz CT molecular complexity index is 505. The zero-order valence-electron chi connectivity index (χ0n) is 10.6. The van der Waals surface area contributed by atoms with Crippen molar-refractivity contribution in [1.82, 2.24) is 5.32 Å². The molecule has 1 atom stereocenters. The van der Waals surface area contributed by atoms with Gasteiger partial charge in [0.15, 0.2) is 0 Å². The summed E-state index contributed by atoms with van der Waals surface area (Å²) < 4.78 is 31.8. The van der Waals surface area contributed by atoms with Gasteiger partial charge in [-0.2, -0.15) is 0 Å². The normalized spacial score (nSPS) is 13.3. The van der Waals surface area contributed by atoms with E-state index in [1.165, 1.54) is 19.6 Å². The van der Waals surface area contributed by atoms with E-state index in [1.807, 2.05) is 0 Å². The molecule has 1 aromatic rings. The van der Waals surface area contributed by atoms with E-state index in [0.29, 0.717) is 17.9 Å². The van der Waals surface area contributed by atoms with E-state index in [4.69, 9.17) is 4.42 Å². The first-order chi connectivity index (χ1) is 8.31. The van der Waals surface area contributed by atoms with E-state index in [9.17, 15) is 13.2 Å². The molecule has 0 aromatic carbocycles. The molecule has 0 spiro atoms. The fourth-order valence-corrected chi connectivity index (χ4v) is 2.51. The Kier molecular flexibility index (Phi) is 4.92. The number of sulfone groups is 1. The lowest BCUT2D eigenvalue weighted by Gasteiger charge is -2.10. The maximum atomic E-state index is 11.2. The molecule has 0 saturated carbocycles. The van der Waals surface area contributed by atoms with E-state index in [0.717, 1.165) is 0 Å². The van der Waals surface area contributed by atoms with Crippen LogP contribution in [0.2, 0.25) is 0 Å². The summed E-state index contributed by atoms with van der Waals surface area (Å²) in [7, 11) is -1.71. The SMILES string of the molecule is COC(=O)c1coc(CNC(C)CS(C)(=O)=O)c1.